The van der Waals surface area contributed by atoms with Crippen LogP contribution in [0.15, 0.2) is 30.6 Å². The Hall–Kier alpha value is -1.68. The van der Waals surface area contributed by atoms with Crippen molar-refractivity contribution in [1.82, 2.24) is 14.8 Å². The van der Waals surface area contributed by atoms with E-state index in [1.54, 1.807) is 11.0 Å². The Labute approximate surface area is 101 Å². The summed E-state index contributed by atoms with van der Waals surface area (Å²) in [5.74, 6) is 0.975. The molecule has 0 saturated heterocycles. The lowest BCUT2D eigenvalue weighted by Gasteiger charge is -2.14. The first-order valence-electron chi connectivity index (χ1n) is 5.71. The van der Waals surface area contributed by atoms with Gasteiger partial charge in [0, 0.05) is 19.4 Å². The zero-order valence-corrected chi connectivity index (χ0v) is 10.2. The molecule has 0 aliphatic heterocycles. The van der Waals surface area contributed by atoms with E-state index in [0.29, 0.717) is 6.42 Å². The number of benzene rings is 1. The standard InChI is InChI=1S/C13H17N3O/c1-10-4-3-5-11(6-10)12(8-17)7-13-14-9-15-16(13)2/h3-6,9,12,17H,7-8H2,1-2H3. The summed E-state index contributed by atoms with van der Waals surface area (Å²) in [4.78, 5) is 4.19. The number of nitrogens with zero attached hydrogens (tertiary/aromatic N) is 3. The molecular formula is C13H17N3O. The maximum Gasteiger partial charge on any atom is 0.138 e. The van der Waals surface area contributed by atoms with Crippen LogP contribution in [0.25, 0.3) is 0 Å². The van der Waals surface area contributed by atoms with Crippen molar-refractivity contribution in [1.29, 1.82) is 0 Å². The van der Waals surface area contributed by atoms with E-state index in [2.05, 4.69) is 29.1 Å². The van der Waals surface area contributed by atoms with Crippen LogP contribution in [-0.2, 0) is 13.5 Å². The number of aliphatic hydroxyl groups excluding tert-OH is 1. The molecule has 0 aliphatic rings. The van der Waals surface area contributed by atoms with E-state index in [1.165, 1.54) is 5.56 Å². The summed E-state index contributed by atoms with van der Waals surface area (Å²) in [5, 5.41) is 13.5. The van der Waals surface area contributed by atoms with Crippen molar-refractivity contribution in [3.8, 4) is 0 Å². The molecule has 0 aliphatic carbocycles. The van der Waals surface area contributed by atoms with Crippen LogP contribution in [0.5, 0.6) is 0 Å². The Bertz CT molecular complexity index is 493. The predicted molar refractivity (Wildman–Crippen MR) is 65.7 cm³/mol. The molecule has 1 unspecified atom stereocenters. The highest BCUT2D eigenvalue weighted by Crippen LogP contribution is 2.20. The van der Waals surface area contributed by atoms with E-state index in [4.69, 9.17) is 0 Å². The van der Waals surface area contributed by atoms with E-state index < -0.39 is 0 Å². The summed E-state index contributed by atoms with van der Waals surface area (Å²) in [5.41, 5.74) is 2.36. The zero-order valence-electron chi connectivity index (χ0n) is 10.2. The van der Waals surface area contributed by atoms with E-state index in [0.717, 1.165) is 11.4 Å². The number of aliphatic hydroxyl groups is 1. The third-order valence-corrected chi connectivity index (χ3v) is 2.97. The molecule has 1 aromatic heterocycles. The molecule has 0 spiro atoms. The minimum absolute atomic E-state index is 0.0813. The van der Waals surface area contributed by atoms with Crippen molar-refractivity contribution < 1.29 is 5.11 Å². The molecule has 1 aromatic carbocycles. The normalized spacial score (nSPS) is 12.6. The van der Waals surface area contributed by atoms with Gasteiger partial charge in [-0.25, -0.2) is 4.98 Å². The Balaban J connectivity index is 2.20. The molecule has 2 rings (SSSR count). The molecule has 0 fully saturated rings. The molecule has 4 heteroatoms. The van der Waals surface area contributed by atoms with Crippen molar-refractivity contribution in [2.24, 2.45) is 7.05 Å². The first-order chi connectivity index (χ1) is 8.20. The fourth-order valence-electron chi connectivity index (χ4n) is 1.94. The Morgan fingerprint density at radius 1 is 1.41 bits per heavy atom. The van der Waals surface area contributed by atoms with Gasteiger partial charge in [0.2, 0.25) is 0 Å². The molecule has 1 heterocycles. The highest BCUT2D eigenvalue weighted by Gasteiger charge is 2.14. The van der Waals surface area contributed by atoms with Gasteiger partial charge >= 0.3 is 0 Å². The summed E-state index contributed by atoms with van der Waals surface area (Å²) in [6.45, 7) is 2.18. The highest BCUT2D eigenvalue weighted by molar-refractivity contribution is 5.26. The van der Waals surface area contributed by atoms with Gasteiger partial charge in [-0.05, 0) is 12.5 Å². The number of hydrogen-bond acceptors (Lipinski definition) is 3. The molecule has 0 saturated carbocycles. The first-order valence-corrected chi connectivity index (χ1v) is 5.71. The van der Waals surface area contributed by atoms with Crippen LogP contribution in [0.2, 0.25) is 0 Å². The van der Waals surface area contributed by atoms with E-state index in [1.807, 2.05) is 19.2 Å². The molecule has 1 N–H and O–H groups in total. The second-order valence-corrected chi connectivity index (χ2v) is 4.30. The van der Waals surface area contributed by atoms with Crippen molar-refractivity contribution >= 4 is 0 Å². The lowest BCUT2D eigenvalue weighted by Crippen LogP contribution is -2.11. The van der Waals surface area contributed by atoms with Gasteiger partial charge in [0.25, 0.3) is 0 Å². The van der Waals surface area contributed by atoms with Crippen LogP contribution in [-0.4, -0.2) is 26.5 Å². The molecule has 0 radical (unpaired) electrons. The van der Waals surface area contributed by atoms with Crippen LogP contribution in [0.3, 0.4) is 0 Å². The molecule has 1 atom stereocenters. The fraction of sp³-hybridized carbons (Fsp3) is 0.385. The maximum atomic E-state index is 9.50. The number of aryl methyl sites for hydroxylation is 2. The van der Waals surface area contributed by atoms with E-state index in [9.17, 15) is 5.11 Å². The van der Waals surface area contributed by atoms with Crippen LogP contribution < -0.4 is 0 Å². The van der Waals surface area contributed by atoms with E-state index >= 15 is 0 Å². The van der Waals surface area contributed by atoms with Gasteiger partial charge in [0.15, 0.2) is 0 Å². The lowest BCUT2D eigenvalue weighted by molar-refractivity contribution is 0.262. The Morgan fingerprint density at radius 3 is 2.82 bits per heavy atom. The van der Waals surface area contributed by atoms with Crippen molar-refractivity contribution in [3.05, 3.63) is 47.5 Å². The molecule has 0 amide bonds. The Morgan fingerprint density at radius 2 is 2.24 bits per heavy atom. The summed E-state index contributed by atoms with van der Waals surface area (Å²) in [7, 11) is 1.87. The second kappa shape index (κ2) is 5.10. The molecule has 0 bridgehead atoms. The van der Waals surface area contributed by atoms with Gasteiger partial charge in [-0.15, -0.1) is 0 Å². The van der Waals surface area contributed by atoms with Crippen molar-refractivity contribution in [3.63, 3.8) is 0 Å². The molecule has 4 nitrogen and oxygen atoms in total. The second-order valence-electron chi connectivity index (χ2n) is 4.30. The van der Waals surface area contributed by atoms with Crippen LogP contribution >= 0.6 is 0 Å². The average Bonchev–Trinajstić information content (AvgIpc) is 2.71. The summed E-state index contributed by atoms with van der Waals surface area (Å²) < 4.78 is 1.75. The minimum Gasteiger partial charge on any atom is -0.396 e. The average molecular weight is 231 g/mol. The third-order valence-electron chi connectivity index (χ3n) is 2.97. The zero-order chi connectivity index (χ0) is 12.3. The van der Waals surface area contributed by atoms with Gasteiger partial charge in [0.1, 0.15) is 12.2 Å². The quantitative estimate of drug-likeness (QED) is 0.866. The SMILES string of the molecule is Cc1cccc(C(CO)Cc2ncnn2C)c1. The number of rotatable bonds is 4. The first kappa shape index (κ1) is 11.8. The van der Waals surface area contributed by atoms with Gasteiger partial charge in [0.05, 0.1) is 6.61 Å². The predicted octanol–water partition coefficient (Wildman–Crippen LogP) is 1.44. The van der Waals surface area contributed by atoms with Crippen LogP contribution in [0.4, 0.5) is 0 Å². The van der Waals surface area contributed by atoms with Gasteiger partial charge in [-0.1, -0.05) is 29.8 Å². The van der Waals surface area contributed by atoms with Gasteiger partial charge < -0.3 is 5.11 Å². The Kier molecular flexibility index (Phi) is 3.54. The smallest absolute Gasteiger partial charge is 0.138 e. The third kappa shape index (κ3) is 2.71. The van der Waals surface area contributed by atoms with E-state index in [-0.39, 0.29) is 12.5 Å². The number of hydrogen-bond donors (Lipinski definition) is 1. The van der Waals surface area contributed by atoms with Crippen LogP contribution in [0.1, 0.15) is 22.9 Å². The molecule has 2 aromatic rings. The summed E-state index contributed by atoms with van der Waals surface area (Å²) in [6.07, 6.45) is 2.25. The molecule has 90 valence electrons. The van der Waals surface area contributed by atoms with Gasteiger partial charge in [-0.2, -0.15) is 5.10 Å². The van der Waals surface area contributed by atoms with Crippen LogP contribution in [0, 0.1) is 6.92 Å². The molecule has 17 heavy (non-hydrogen) atoms. The minimum atomic E-state index is 0.0813. The monoisotopic (exact) mass is 231 g/mol. The largest absolute Gasteiger partial charge is 0.396 e. The summed E-state index contributed by atoms with van der Waals surface area (Å²) >= 11 is 0. The lowest BCUT2D eigenvalue weighted by atomic mass is 9.95. The maximum absolute atomic E-state index is 9.50. The number of aromatic nitrogens is 3. The summed E-state index contributed by atoms with van der Waals surface area (Å²) in [6, 6.07) is 8.23. The topological polar surface area (TPSA) is 50.9 Å². The van der Waals surface area contributed by atoms with Crippen molar-refractivity contribution in [2.45, 2.75) is 19.3 Å². The molecular weight excluding hydrogens is 214 g/mol. The highest BCUT2D eigenvalue weighted by atomic mass is 16.3. The van der Waals surface area contributed by atoms with Gasteiger partial charge in [-0.3, -0.25) is 4.68 Å². The van der Waals surface area contributed by atoms with Crippen molar-refractivity contribution in [2.75, 3.05) is 6.61 Å². The fourth-order valence-corrected chi connectivity index (χ4v) is 1.94.